The third-order valence-electron chi connectivity index (χ3n) is 6.68. The molecule has 0 bridgehead atoms. The first-order chi connectivity index (χ1) is 17.1. The zero-order valence-corrected chi connectivity index (χ0v) is 20.3. The normalized spacial score (nSPS) is 23.1. The Hall–Kier alpha value is -3.15. The van der Waals surface area contributed by atoms with Crippen LogP contribution in [0.2, 0.25) is 0 Å². The van der Waals surface area contributed by atoms with Crippen LogP contribution < -0.4 is 4.74 Å². The molecule has 36 heavy (non-hydrogen) atoms. The lowest BCUT2D eigenvalue weighted by Crippen LogP contribution is -2.62. The maximum atomic E-state index is 13.8. The standard InChI is InChI=1S/C25H24F3N3O4S/c1-14(25(26,27)28)29-13-31(30-11-10-17(32)23(33)22(30)24(29)34)21-16-7-3-4-9-19(16)36-12-15-6-5-8-18(35-2)20(15)21/h3-11,14,17,21,32-33H,12-13H2,1-2H3/t14-,17?,21-/m1/s1. The van der Waals surface area contributed by atoms with Gasteiger partial charge in [-0.1, -0.05) is 30.3 Å². The molecule has 2 N–H and O–H groups in total. The molecule has 3 heterocycles. The van der Waals surface area contributed by atoms with Crippen LogP contribution in [0.5, 0.6) is 5.75 Å². The molecule has 2 aromatic rings. The van der Waals surface area contributed by atoms with E-state index >= 15 is 0 Å². The first-order valence-electron chi connectivity index (χ1n) is 11.2. The van der Waals surface area contributed by atoms with E-state index in [0.29, 0.717) is 16.4 Å². The summed E-state index contributed by atoms with van der Waals surface area (Å²) in [6, 6.07) is 10.4. The predicted octanol–water partition coefficient (Wildman–Crippen LogP) is 4.32. The van der Waals surface area contributed by atoms with Crippen molar-refractivity contribution >= 4 is 17.7 Å². The van der Waals surface area contributed by atoms with Crippen LogP contribution in [0, 0.1) is 0 Å². The van der Waals surface area contributed by atoms with Gasteiger partial charge in [0.2, 0.25) is 0 Å². The molecule has 1 fully saturated rings. The van der Waals surface area contributed by atoms with E-state index < -0.39 is 48.4 Å². The van der Waals surface area contributed by atoms with Crippen molar-refractivity contribution in [2.75, 3.05) is 13.8 Å². The zero-order chi connectivity index (χ0) is 25.8. The summed E-state index contributed by atoms with van der Waals surface area (Å²) in [4.78, 5) is 14.9. The number of fused-ring (bicyclic) bond motifs is 3. The van der Waals surface area contributed by atoms with Crippen molar-refractivity contribution in [1.29, 1.82) is 0 Å². The number of nitrogens with zero attached hydrogens (tertiary/aromatic N) is 3. The quantitative estimate of drug-likeness (QED) is 0.626. The first kappa shape index (κ1) is 24.5. The maximum absolute atomic E-state index is 13.8. The molecule has 0 spiro atoms. The molecule has 1 saturated heterocycles. The van der Waals surface area contributed by atoms with E-state index in [2.05, 4.69) is 0 Å². The average Bonchev–Trinajstić information content (AvgIpc) is 3.02. The number of alkyl halides is 3. The zero-order valence-electron chi connectivity index (χ0n) is 19.4. The van der Waals surface area contributed by atoms with E-state index in [-0.39, 0.29) is 0 Å². The van der Waals surface area contributed by atoms with Gasteiger partial charge in [-0.15, -0.1) is 11.8 Å². The van der Waals surface area contributed by atoms with Gasteiger partial charge in [-0.05, 0) is 36.3 Å². The lowest BCUT2D eigenvalue weighted by Gasteiger charge is -2.50. The Bertz CT molecular complexity index is 1270. The molecule has 3 atom stereocenters. The highest BCUT2D eigenvalue weighted by atomic mass is 32.2. The molecule has 5 rings (SSSR count). The smallest absolute Gasteiger partial charge is 0.408 e. The number of hydrogen-bond acceptors (Lipinski definition) is 7. The number of hydrogen-bond donors (Lipinski definition) is 2. The number of ether oxygens (including phenoxy) is 1. The highest BCUT2D eigenvalue weighted by Crippen LogP contribution is 2.48. The Labute approximate surface area is 210 Å². The Morgan fingerprint density at radius 2 is 1.92 bits per heavy atom. The van der Waals surface area contributed by atoms with Crippen molar-refractivity contribution in [3.8, 4) is 5.75 Å². The summed E-state index contributed by atoms with van der Waals surface area (Å²) in [5.41, 5.74) is 2.09. The number of rotatable bonds is 3. The molecule has 0 aliphatic carbocycles. The van der Waals surface area contributed by atoms with E-state index in [9.17, 15) is 28.2 Å². The van der Waals surface area contributed by atoms with Crippen LogP contribution >= 0.6 is 11.8 Å². The third-order valence-corrected chi connectivity index (χ3v) is 7.82. The summed E-state index contributed by atoms with van der Waals surface area (Å²) >= 11 is 1.60. The molecule has 3 aliphatic heterocycles. The molecule has 11 heteroatoms. The lowest BCUT2D eigenvalue weighted by atomic mass is 9.93. The number of hydrazine groups is 1. The van der Waals surface area contributed by atoms with E-state index in [1.807, 2.05) is 36.4 Å². The molecule has 2 aromatic carbocycles. The second-order valence-corrected chi connectivity index (χ2v) is 9.72. The fourth-order valence-electron chi connectivity index (χ4n) is 4.78. The summed E-state index contributed by atoms with van der Waals surface area (Å²) < 4.78 is 47.2. The molecule has 0 aromatic heterocycles. The summed E-state index contributed by atoms with van der Waals surface area (Å²) in [5.74, 6) is -0.563. The van der Waals surface area contributed by atoms with Crippen LogP contribution in [0.4, 0.5) is 13.2 Å². The fourth-order valence-corrected chi connectivity index (χ4v) is 5.86. The highest BCUT2D eigenvalue weighted by Gasteiger charge is 2.50. The highest BCUT2D eigenvalue weighted by molar-refractivity contribution is 7.98. The van der Waals surface area contributed by atoms with Gasteiger partial charge in [0.05, 0.1) is 19.8 Å². The molecular formula is C25H24F3N3O4S. The van der Waals surface area contributed by atoms with Gasteiger partial charge in [-0.3, -0.25) is 9.80 Å². The minimum absolute atomic E-state index is 0.418. The number of halogens is 3. The molecule has 0 saturated carbocycles. The van der Waals surface area contributed by atoms with Gasteiger partial charge < -0.3 is 19.8 Å². The fraction of sp³-hybridized carbons (Fsp3) is 0.320. The average molecular weight is 520 g/mol. The third kappa shape index (κ3) is 3.91. The molecule has 3 aliphatic rings. The number of aliphatic hydroxyl groups excluding tert-OH is 2. The van der Waals surface area contributed by atoms with Crippen molar-refractivity contribution in [3.63, 3.8) is 0 Å². The molecular weight excluding hydrogens is 495 g/mol. The van der Waals surface area contributed by atoms with Crippen molar-refractivity contribution in [2.24, 2.45) is 0 Å². The second-order valence-electron chi connectivity index (χ2n) is 8.70. The summed E-state index contributed by atoms with van der Waals surface area (Å²) in [6.45, 7) is 0.488. The Morgan fingerprint density at radius 1 is 1.17 bits per heavy atom. The van der Waals surface area contributed by atoms with E-state index in [1.54, 1.807) is 22.8 Å². The van der Waals surface area contributed by atoms with Gasteiger partial charge in [-0.2, -0.15) is 18.2 Å². The number of aliphatic hydroxyl groups is 2. The molecule has 7 nitrogen and oxygen atoms in total. The van der Waals surface area contributed by atoms with Crippen molar-refractivity contribution in [3.05, 3.63) is 82.9 Å². The van der Waals surface area contributed by atoms with E-state index in [4.69, 9.17) is 4.74 Å². The number of thioether (sulfide) groups is 1. The van der Waals surface area contributed by atoms with Gasteiger partial charge in [0.25, 0.3) is 5.91 Å². The van der Waals surface area contributed by atoms with Gasteiger partial charge in [-0.25, -0.2) is 0 Å². The summed E-state index contributed by atoms with van der Waals surface area (Å²) in [6.07, 6.45) is -3.52. The monoisotopic (exact) mass is 519 g/mol. The topological polar surface area (TPSA) is 76.5 Å². The van der Waals surface area contributed by atoms with Crippen LogP contribution in [0.15, 0.2) is 71.1 Å². The Morgan fingerprint density at radius 3 is 2.64 bits per heavy atom. The van der Waals surface area contributed by atoms with Crippen molar-refractivity contribution in [1.82, 2.24) is 14.9 Å². The molecule has 190 valence electrons. The predicted molar refractivity (Wildman–Crippen MR) is 127 cm³/mol. The summed E-state index contributed by atoms with van der Waals surface area (Å²) in [5, 5.41) is 23.8. The Balaban J connectivity index is 1.75. The number of carbonyl (C=O) groups is 1. The Kier molecular flexibility index (Phi) is 6.17. The first-order valence-corrected chi connectivity index (χ1v) is 12.2. The molecule has 0 radical (unpaired) electrons. The van der Waals surface area contributed by atoms with Crippen LogP contribution in [-0.4, -0.2) is 63.1 Å². The summed E-state index contributed by atoms with van der Waals surface area (Å²) in [7, 11) is 1.53. The van der Waals surface area contributed by atoms with Crippen LogP contribution in [0.25, 0.3) is 0 Å². The lowest BCUT2D eigenvalue weighted by molar-refractivity contribution is -0.204. The van der Waals surface area contributed by atoms with Gasteiger partial charge in [0.1, 0.15) is 17.9 Å². The van der Waals surface area contributed by atoms with Crippen molar-refractivity contribution < 1.29 is 32.9 Å². The van der Waals surface area contributed by atoms with E-state index in [0.717, 1.165) is 28.5 Å². The minimum Gasteiger partial charge on any atom is -0.507 e. The number of amides is 1. The second kappa shape index (κ2) is 9.06. The number of carbonyl (C=O) groups excluding carboxylic acids is 1. The minimum atomic E-state index is -4.70. The van der Waals surface area contributed by atoms with Gasteiger partial charge in [0, 0.05) is 22.4 Å². The molecule has 1 amide bonds. The van der Waals surface area contributed by atoms with Crippen LogP contribution in [0.1, 0.15) is 29.7 Å². The number of benzene rings is 2. The SMILES string of the molecule is COc1cccc2c1[C@H](N1CN([C@H](C)C(F)(F)F)C(=O)C3=C(O)C(O)C=CN31)c1ccccc1SC2. The van der Waals surface area contributed by atoms with Crippen LogP contribution in [-0.2, 0) is 10.5 Å². The maximum Gasteiger partial charge on any atom is 0.408 e. The van der Waals surface area contributed by atoms with Crippen molar-refractivity contribution in [2.45, 2.75) is 41.9 Å². The van der Waals surface area contributed by atoms with E-state index in [1.165, 1.54) is 24.4 Å². The molecule has 1 unspecified atom stereocenters. The largest absolute Gasteiger partial charge is 0.507 e. The number of methoxy groups -OCH3 is 1. The van der Waals surface area contributed by atoms with Crippen LogP contribution in [0.3, 0.4) is 0 Å². The van der Waals surface area contributed by atoms with Gasteiger partial charge in [0.15, 0.2) is 11.5 Å². The van der Waals surface area contributed by atoms with Gasteiger partial charge >= 0.3 is 6.18 Å².